The van der Waals surface area contributed by atoms with Gasteiger partial charge in [0.25, 0.3) is 11.8 Å². The number of allylic oxidation sites excluding steroid dienone is 1. The molecule has 1 amide bonds. The molecule has 1 aromatic carbocycles. The monoisotopic (exact) mass is 620 g/mol. The van der Waals surface area contributed by atoms with E-state index in [0.717, 1.165) is 12.2 Å². The maximum atomic E-state index is 14.5. The third kappa shape index (κ3) is 6.96. The standard InChI is InChI=1S/C25H22F6N4O6S/c1-3-5-12-42(38,39)20-16(24(26,27)28)13-17(32-22(36)37)18(33-20)19-34-35-21(41-19)23(11-4-2,25(29,30)31)40-14-15-9-7-6-8-10-15/h3-4,6-10,13,32H,1-2,5,11-12,14H2,(H,36,37). The van der Waals surface area contributed by atoms with Crippen molar-refractivity contribution in [2.24, 2.45) is 0 Å². The molecule has 0 aliphatic heterocycles. The van der Waals surface area contributed by atoms with Gasteiger partial charge in [-0.1, -0.05) is 42.5 Å². The van der Waals surface area contributed by atoms with E-state index < -0.39 is 86.4 Å². The summed E-state index contributed by atoms with van der Waals surface area (Å²) in [5.74, 6) is -3.11. The Morgan fingerprint density at radius 3 is 2.29 bits per heavy atom. The lowest BCUT2D eigenvalue weighted by Gasteiger charge is -2.31. The number of ether oxygens (including phenoxy) is 1. The van der Waals surface area contributed by atoms with Gasteiger partial charge in [0.05, 0.1) is 23.6 Å². The van der Waals surface area contributed by atoms with E-state index in [1.54, 1.807) is 23.5 Å². The molecule has 3 rings (SSSR count). The van der Waals surface area contributed by atoms with Crippen molar-refractivity contribution in [3.05, 3.63) is 78.7 Å². The van der Waals surface area contributed by atoms with E-state index in [9.17, 15) is 44.7 Å². The molecule has 0 saturated heterocycles. The van der Waals surface area contributed by atoms with Crippen LogP contribution in [-0.4, -0.2) is 46.7 Å². The summed E-state index contributed by atoms with van der Waals surface area (Å²) in [7, 11) is -4.79. The number of aromatic nitrogens is 3. The van der Waals surface area contributed by atoms with Crippen molar-refractivity contribution in [3.8, 4) is 11.6 Å². The van der Waals surface area contributed by atoms with Gasteiger partial charge in [-0.05, 0) is 18.1 Å². The number of hydrogen-bond acceptors (Lipinski definition) is 8. The van der Waals surface area contributed by atoms with Gasteiger partial charge in [-0.2, -0.15) is 26.3 Å². The van der Waals surface area contributed by atoms with Crippen molar-refractivity contribution in [2.45, 2.75) is 42.4 Å². The zero-order valence-electron chi connectivity index (χ0n) is 21.4. The molecule has 0 radical (unpaired) electrons. The molecule has 0 aliphatic carbocycles. The number of carbonyl (C=O) groups is 1. The average molecular weight is 621 g/mol. The van der Waals surface area contributed by atoms with Gasteiger partial charge in [0, 0.05) is 6.42 Å². The third-order valence-electron chi connectivity index (χ3n) is 5.61. The lowest BCUT2D eigenvalue weighted by Crippen LogP contribution is -2.45. The summed E-state index contributed by atoms with van der Waals surface area (Å²) in [5, 5.41) is 16.1. The van der Waals surface area contributed by atoms with Crippen LogP contribution in [0.3, 0.4) is 0 Å². The molecule has 0 saturated carbocycles. The van der Waals surface area contributed by atoms with Crippen LogP contribution in [0.2, 0.25) is 0 Å². The summed E-state index contributed by atoms with van der Waals surface area (Å²) < 4.78 is 121. The molecule has 10 nitrogen and oxygen atoms in total. The van der Waals surface area contributed by atoms with Crippen molar-refractivity contribution in [1.29, 1.82) is 0 Å². The molecule has 42 heavy (non-hydrogen) atoms. The molecule has 2 heterocycles. The molecular weight excluding hydrogens is 598 g/mol. The first-order valence-corrected chi connectivity index (χ1v) is 13.4. The predicted octanol–water partition coefficient (Wildman–Crippen LogP) is 6.14. The molecule has 0 bridgehead atoms. The molecule has 0 fully saturated rings. The smallest absolute Gasteiger partial charge is 0.426 e. The van der Waals surface area contributed by atoms with E-state index in [-0.39, 0.29) is 12.5 Å². The fourth-order valence-corrected chi connectivity index (χ4v) is 5.05. The number of pyridine rings is 1. The highest BCUT2D eigenvalue weighted by Gasteiger charge is 2.61. The van der Waals surface area contributed by atoms with Gasteiger partial charge in [0.2, 0.25) is 5.60 Å². The van der Waals surface area contributed by atoms with E-state index >= 15 is 0 Å². The molecular formula is C25H22F6N4O6S. The van der Waals surface area contributed by atoms with Crippen LogP contribution in [0.5, 0.6) is 0 Å². The van der Waals surface area contributed by atoms with Gasteiger partial charge in [-0.3, -0.25) is 5.32 Å². The number of alkyl halides is 6. The van der Waals surface area contributed by atoms with Crippen molar-refractivity contribution >= 4 is 21.6 Å². The maximum absolute atomic E-state index is 14.5. The van der Waals surface area contributed by atoms with Gasteiger partial charge in [-0.15, -0.1) is 23.4 Å². The summed E-state index contributed by atoms with van der Waals surface area (Å²) in [6.45, 7) is 6.02. The lowest BCUT2D eigenvalue weighted by molar-refractivity contribution is -0.295. The van der Waals surface area contributed by atoms with Crippen molar-refractivity contribution in [1.82, 2.24) is 15.2 Å². The zero-order valence-corrected chi connectivity index (χ0v) is 22.2. The van der Waals surface area contributed by atoms with Crippen LogP contribution < -0.4 is 5.32 Å². The number of sulfone groups is 1. The van der Waals surface area contributed by atoms with Crippen LogP contribution in [0.1, 0.15) is 29.9 Å². The largest absolute Gasteiger partial charge is 0.465 e. The Balaban J connectivity index is 2.25. The summed E-state index contributed by atoms with van der Waals surface area (Å²) in [6, 6.07) is 7.82. The molecule has 3 aromatic rings. The first-order valence-electron chi connectivity index (χ1n) is 11.7. The molecule has 17 heteroatoms. The predicted molar refractivity (Wildman–Crippen MR) is 135 cm³/mol. The summed E-state index contributed by atoms with van der Waals surface area (Å²) >= 11 is 0. The Morgan fingerprint density at radius 2 is 1.74 bits per heavy atom. The van der Waals surface area contributed by atoms with Crippen LogP contribution in [-0.2, 0) is 33.0 Å². The van der Waals surface area contributed by atoms with Crippen molar-refractivity contribution in [2.75, 3.05) is 11.1 Å². The second-order valence-corrected chi connectivity index (χ2v) is 10.6. The van der Waals surface area contributed by atoms with Crippen LogP contribution in [0.4, 0.5) is 36.8 Å². The van der Waals surface area contributed by atoms with Crippen LogP contribution in [0.25, 0.3) is 11.6 Å². The van der Waals surface area contributed by atoms with Crippen LogP contribution >= 0.6 is 0 Å². The fourth-order valence-electron chi connectivity index (χ4n) is 3.64. The Bertz CT molecular complexity index is 1560. The molecule has 1 atom stereocenters. The average Bonchev–Trinajstić information content (AvgIpc) is 3.39. The number of nitrogens with one attached hydrogen (secondary N) is 1. The summed E-state index contributed by atoms with van der Waals surface area (Å²) in [6.07, 6.45) is -11.7. The van der Waals surface area contributed by atoms with Gasteiger partial charge in [-0.25, -0.2) is 18.2 Å². The van der Waals surface area contributed by atoms with E-state index in [0.29, 0.717) is 5.56 Å². The summed E-state index contributed by atoms with van der Waals surface area (Å²) in [4.78, 5) is 14.8. The Labute approximate surface area is 234 Å². The number of anilines is 1. The van der Waals surface area contributed by atoms with Crippen molar-refractivity contribution < 1.29 is 53.8 Å². The van der Waals surface area contributed by atoms with Crippen LogP contribution in [0, 0.1) is 0 Å². The first-order chi connectivity index (χ1) is 19.6. The zero-order chi connectivity index (χ0) is 31.3. The highest BCUT2D eigenvalue weighted by molar-refractivity contribution is 7.91. The van der Waals surface area contributed by atoms with Gasteiger partial charge >= 0.3 is 18.4 Å². The van der Waals surface area contributed by atoms with Gasteiger partial charge < -0.3 is 14.3 Å². The Hall–Kier alpha value is -4.25. The number of carboxylic acid groups (broad SMARTS) is 1. The Kier molecular flexibility index (Phi) is 9.46. The molecule has 2 N–H and O–H groups in total. The quantitative estimate of drug-likeness (QED) is 0.180. The SMILES string of the molecule is C=CCCS(=O)(=O)c1nc(-c2nnc(C(CC=C)(OCc3ccccc3)C(F)(F)F)o2)c(NC(=O)O)cc1C(F)(F)F. The molecule has 1 unspecified atom stereocenters. The van der Waals surface area contributed by atoms with E-state index in [1.165, 1.54) is 12.1 Å². The highest BCUT2D eigenvalue weighted by atomic mass is 32.2. The summed E-state index contributed by atoms with van der Waals surface area (Å²) in [5.41, 5.74) is -6.76. The Morgan fingerprint density at radius 1 is 1.07 bits per heavy atom. The molecule has 0 aliphatic rings. The lowest BCUT2D eigenvalue weighted by atomic mass is 9.98. The van der Waals surface area contributed by atoms with E-state index in [2.05, 4.69) is 28.3 Å². The number of rotatable bonds is 12. The molecule has 0 spiro atoms. The van der Waals surface area contributed by atoms with E-state index in [4.69, 9.17) is 9.15 Å². The first kappa shape index (κ1) is 32.3. The molecule has 2 aromatic heterocycles. The minimum Gasteiger partial charge on any atom is -0.465 e. The normalized spacial score (nSPS) is 13.8. The second kappa shape index (κ2) is 12.3. The highest BCUT2D eigenvalue weighted by Crippen LogP contribution is 2.46. The number of hydrogen-bond donors (Lipinski definition) is 2. The van der Waals surface area contributed by atoms with Crippen molar-refractivity contribution in [3.63, 3.8) is 0 Å². The number of nitrogens with zero attached hydrogens (tertiary/aromatic N) is 3. The minimum absolute atomic E-state index is 0.119. The second-order valence-electron chi connectivity index (χ2n) is 8.57. The van der Waals surface area contributed by atoms with Crippen LogP contribution in [0.15, 0.2) is 71.2 Å². The van der Waals surface area contributed by atoms with Gasteiger partial charge in [0.1, 0.15) is 0 Å². The van der Waals surface area contributed by atoms with E-state index in [1.807, 2.05) is 0 Å². The fraction of sp³-hybridized carbons (Fsp3) is 0.280. The third-order valence-corrected chi connectivity index (χ3v) is 7.28. The molecule has 226 valence electrons. The topological polar surface area (TPSA) is 145 Å². The number of halogens is 6. The number of benzene rings is 1. The minimum atomic E-state index is -5.34. The van der Waals surface area contributed by atoms with Gasteiger partial charge in [0.15, 0.2) is 20.6 Å². The maximum Gasteiger partial charge on any atom is 0.426 e. The number of amides is 1.